The molecule has 0 aliphatic carbocycles. The Kier molecular flexibility index (Phi) is 3.50. The fraction of sp³-hybridized carbons (Fsp3) is 0.917. The highest BCUT2D eigenvalue weighted by Gasteiger charge is 2.40. The number of carbonyl (C=O) groups is 1. The van der Waals surface area contributed by atoms with Gasteiger partial charge in [0.05, 0.1) is 12.1 Å². The first-order valence-corrected chi connectivity index (χ1v) is 6.24. The summed E-state index contributed by atoms with van der Waals surface area (Å²) in [6.45, 7) is 8.12. The summed E-state index contributed by atoms with van der Waals surface area (Å²) in [7, 11) is 0. The van der Waals surface area contributed by atoms with Gasteiger partial charge in [-0.25, -0.2) is 0 Å². The number of ether oxygens (including phenoxy) is 1. The molecule has 2 aliphatic heterocycles. The van der Waals surface area contributed by atoms with Crippen molar-refractivity contribution in [3.8, 4) is 0 Å². The van der Waals surface area contributed by atoms with Crippen molar-refractivity contribution in [3.05, 3.63) is 0 Å². The zero-order valence-corrected chi connectivity index (χ0v) is 10.3. The van der Waals surface area contributed by atoms with E-state index in [2.05, 4.69) is 19.2 Å². The van der Waals surface area contributed by atoms with Gasteiger partial charge in [0.25, 0.3) is 0 Å². The molecule has 0 saturated carbocycles. The van der Waals surface area contributed by atoms with E-state index in [1.54, 1.807) is 0 Å². The van der Waals surface area contributed by atoms with Crippen LogP contribution in [-0.2, 0) is 9.53 Å². The zero-order chi connectivity index (χ0) is 11.6. The fourth-order valence-corrected chi connectivity index (χ4v) is 2.59. The molecule has 0 radical (unpaired) electrons. The van der Waals surface area contributed by atoms with Crippen LogP contribution < -0.4 is 5.32 Å². The molecule has 1 N–H and O–H groups in total. The monoisotopic (exact) mass is 226 g/mol. The van der Waals surface area contributed by atoms with Crippen molar-refractivity contribution in [2.45, 2.75) is 32.3 Å². The number of morpholine rings is 1. The summed E-state index contributed by atoms with van der Waals surface area (Å²) in [5.41, 5.74) is -0.110. The van der Waals surface area contributed by atoms with Crippen molar-refractivity contribution in [2.75, 3.05) is 32.8 Å². The second kappa shape index (κ2) is 4.72. The van der Waals surface area contributed by atoms with Crippen LogP contribution in [0, 0.1) is 5.92 Å². The van der Waals surface area contributed by atoms with Crippen LogP contribution in [0.25, 0.3) is 0 Å². The van der Waals surface area contributed by atoms with Gasteiger partial charge in [0.15, 0.2) is 0 Å². The zero-order valence-electron chi connectivity index (χ0n) is 10.3. The molecular weight excluding hydrogens is 204 g/mol. The Morgan fingerprint density at radius 3 is 3.00 bits per heavy atom. The van der Waals surface area contributed by atoms with Crippen molar-refractivity contribution in [1.82, 2.24) is 10.2 Å². The number of piperidine rings is 1. The number of carbonyl (C=O) groups excluding carboxylic acids is 1. The molecule has 2 aliphatic rings. The van der Waals surface area contributed by atoms with Gasteiger partial charge in [-0.2, -0.15) is 0 Å². The lowest BCUT2D eigenvalue weighted by atomic mass is 9.91. The third-order valence-electron chi connectivity index (χ3n) is 3.35. The van der Waals surface area contributed by atoms with Crippen molar-refractivity contribution in [2.24, 2.45) is 5.92 Å². The standard InChI is InChI=1S/C12H22N2O2/c1-10(2)6-14-9-12(16-7-11(14)15)4-3-5-13-8-12/h10,13H,3-9H2,1-2H3. The van der Waals surface area contributed by atoms with Gasteiger partial charge in [0.2, 0.25) is 5.91 Å². The highest BCUT2D eigenvalue weighted by molar-refractivity contribution is 5.78. The topological polar surface area (TPSA) is 41.6 Å². The Labute approximate surface area is 97.3 Å². The molecule has 0 bridgehead atoms. The largest absolute Gasteiger partial charge is 0.362 e. The van der Waals surface area contributed by atoms with Crippen LogP contribution in [-0.4, -0.2) is 49.2 Å². The maximum Gasteiger partial charge on any atom is 0.248 e. The average molecular weight is 226 g/mol. The number of rotatable bonds is 2. The van der Waals surface area contributed by atoms with E-state index >= 15 is 0 Å². The summed E-state index contributed by atoms with van der Waals surface area (Å²) in [5, 5.41) is 3.37. The summed E-state index contributed by atoms with van der Waals surface area (Å²) in [5.74, 6) is 0.667. The summed E-state index contributed by atoms with van der Waals surface area (Å²) >= 11 is 0. The quantitative estimate of drug-likeness (QED) is 0.750. The van der Waals surface area contributed by atoms with E-state index in [0.717, 1.165) is 39.0 Å². The third kappa shape index (κ3) is 2.55. The number of nitrogens with zero attached hydrogens (tertiary/aromatic N) is 1. The summed E-state index contributed by atoms with van der Waals surface area (Å²) in [4.78, 5) is 13.7. The van der Waals surface area contributed by atoms with Gasteiger partial charge < -0.3 is 15.0 Å². The molecule has 1 atom stereocenters. The van der Waals surface area contributed by atoms with Gasteiger partial charge in [-0.15, -0.1) is 0 Å². The molecule has 0 aromatic carbocycles. The second-order valence-electron chi connectivity index (χ2n) is 5.42. The van der Waals surface area contributed by atoms with Crippen molar-refractivity contribution < 1.29 is 9.53 Å². The lowest BCUT2D eigenvalue weighted by molar-refractivity contribution is -0.167. The Morgan fingerprint density at radius 2 is 2.38 bits per heavy atom. The van der Waals surface area contributed by atoms with Crippen LogP contribution in [0.15, 0.2) is 0 Å². The molecule has 0 aromatic heterocycles. The molecule has 2 fully saturated rings. The van der Waals surface area contributed by atoms with Crippen LogP contribution in [0.3, 0.4) is 0 Å². The molecule has 2 rings (SSSR count). The molecule has 2 heterocycles. The minimum atomic E-state index is -0.110. The van der Waals surface area contributed by atoms with Gasteiger partial charge in [0.1, 0.15) is 6.61 Å². The van der Waals surface area contributed by atoms with E-state index in [1.165, 1.54) is 0 Å². The Hall–Kier alpha value is -0.610. The lowest BCUT2D eigenvalue weighted by Gasteiger charge is -2.45. The highest BCUT2D eigenvalue weighted by Crippen LogP contribution is 2.26. The van der Waals surface area contributed by atoms with E-state index < -0.39 is 0 Å². The van der Waals surface area contributed by atoms with Crippen molar-refractivity contribution >= 4 is 5.91 Å². The second-order valence-corrected chi connectivity index (χ2v) is 5.42. The molecule has 4 heteroatoms. The minimum absolute atomic E-state index is 0.110. The number of hydrogen-bond acceptors (Lipinski definition) is 3. The number of nitrogens with one attached hydrogen (secondary N) is 1. The Morgan fingerprint density at radius 1 is 1.56 bits per heavy atom. The van der Waals surface area contributed by atoms with Crippen molar-refractivity contribution in [1.29, 1.82) is 0 Å². The molecule has 0 aromatic rings. The summed E-state index contributed by atoms with van der Waals surface area (Å²) < 4.78 is 5.78. The SMILES string of the molecule is CC(C)CN1CC2(CCCNC2)OCC1=O. The normalized spacial score (nSPS) is 31.4. The molecule has 92 valence electrons. The maximum absolute atomic E-state index is 11.7. The first-order valence-electron chi connectivity index (χ1n) is 6.24. The molecule has 1 amide bonds. The van der Waals surface area contributed by atoms with E-state index in [0.29, 0.717) is 5.92 Å². The van der Waals surface area contributed by atoms with Crippen LogP contribution in [0.2, 0.25) is 0 Å². The van der Waals surface area contributed by atoms with Crippen LogP contribution in [0.5, 0.6) is 0 Å². The third-order valence-corrected chi connectivity index (χ3v) is 3.35. The average Bonchev–Trinajstić information content (AvgIpc) is 2.24. The Bertz CT molecular complexity index is 260. The smallest absolute Gasteiger partial charge is 0.248 e. The first kappa shape index (κ1) is 11.9. The van der Waals surface area contributed by atoms with Gasteiger partial charge in [-0.05, 0) is 25.3 Å². The minimum Gasteiger partial charge on any atom is -0.362 e. The van der Waals surface area contributed by atoms with E-state index in [9.17, 15) is 4.79 Å². The highest BCUT2D eigenvalue weighted by atomic mass is 16.5. The summed E-state index contributed by atoms with van der Waals surface area (Å²) in [6, 6.07) is 0. The van der Waals surface area contributed by atoms with E-state index in [4.69, 9.17) is 4.74 Å². The maximum atomic E-state index is 11.7. The van der Waals surface area contributed by atoms with E-state index in [1.807, 2.05) is 4.90 Å². The van der Waals surface area contributed by atoms with Crippen LogP contribution in [0.1, 0.15) is 26.7 Å². The fourth-order valence-electron chi connectivity index (χ4n) is 2.59. The van der Waals surface area contributed by atoms with Crippen LogP contribution in [0.4, 0.5) is 0 Å². The molecule has 1 unspecified atom stereocenters. The number of amides is 1. The van der Waals surface area contributed by atoms with E-state index in [-0.39, 0.29) is 18.1 Å². The van der Waals surface area contributed by atoms with Crippen LogP contribution >= 0.6 is 0 Å². The molecule has 16 heavy (non-hydrogen) atoms. The van der Waals surface area contributed by atoms with Gasteiger partial charge in [0, 0.05) is 13.1 Å². The molecule has 2 saturated heterocycles. The predicted molar refractivity (Wildman–Crippen MR) is 62.2 cm³/mol. The Balaban J connectivity index is 2.00. The van der Waals surface area contributed by atoms with Gasteiger partial charge in [-0.1, -0.05) is 13.8 Å². The molecular formula is C12H22N2O2. The van der Waals surface area contributed by atoms with Gasteiger partial charge >= 0.3 is 0 Å². The molecule has 4 nitrogen and oxygen atoms in total. The lowest BCUT2D eigenvalue weighted by Crippen LogP contribution is -2.61. The first-order chi connectivity index (χ1) is 7.61. The predicted octanol–water partition coefficient (Wildman–Crippen LogP) is 0.623. The number of hydrogen-bond donors (Lipinski definition) is 1. The van der Waals surface area contributed by atoms with Gasteiger partial charge in [-0.3, -0.25) is 4.79 Å². The van der Waals surface area contributed by atoms with Crippen molar-refractivity contribution in [3.63, 3.8) is 0 Å². The summed E-state index contributed by atoms with van der Waals surface area (Å²) in [6.07, 6.45) is 2.21. The molecule has 1 spiro atoms.